The molecular formula is C18H37KO4. The van der Waals surface area contributed by atoms with Gasteiger partial charge in [0.2, 0.25) is 0 Å². The first kappa shape index (κ1) is 28.4. The molecule has 0 spiro atoms. The van der Waals surface area contributed by atoms with E-state index >= 15 is 0 Å². The SMILES string of the molecule is CCCCCCCC(=O)O.CCCCCCCCCC(=O)O.[H-].[K+]. The maximum Gasteiger partial charge on any atom is 1.00 e. The molecule has 0 aromatic carbocycles. The second-order valence-electron chi connectivity index (χ2n) is 5.82. The third-order valence-corrected chi connectivity index (χ3v) is 3.49. The van der Waals surface area contributed by atoms with E-state index in [-0.39, 0.29) is 52.8 Å². The first-order valence-electron chi connectivity index (χ1n) is 8.98. The first-order chi connectivity index (χ1) is 10.5. The maximum absolute atomic E-state index is 10.1. The van der Waals surface area contributed by atoms with Crippen molar-refractivity contribution in [2.45, 2.75) is 104 Å². The molecule has 23 heavy (non-hydrogen) atoms. The Labute approximate surface area is 186 Å². The normalized spacial score (nSPS) is 9.48. The standard InChI is InChI=1S/C10H20O2.C8H16O2.K.H/c1-2-3-4-5-6-7-8-9-10(11)12;1-2-3-4-5-6-7-8(9)10;;/h2-9H2,1H3,(H,11,12);2-7H2,1H3,(H,9,10);;/q;;+1;-1. The number of rotatable bonds is 14. The second kappa shape index (κ2) is 24.8. The molecule has 0 rings (SSSR count). The number of carboxylic acid groups (broad SMARTS) is 2. The third kappa shape index (κ3) is 34.8. The van der Waals surface area contributed by atoms with Gasteiger partial charge >= 0.3 is 63.3 Å². The van der Waals surface area contributed by atoms with Gasteiger partial charge in [-0.05, 0) is 12.8 Å². The van der Waals surface area contributed by atoms with Gasteiger partial charge in [-0.1, -0.05) is 78.1 Å². The molecule has 0 amide bonds. The van der Waals surface area contributed by atoms with Crippen LogP contribution in [0.1, 0.15) is 105 Å². The summed E-state index contributed by atoms with van der Waals surface area (Å²) in [6.45, 7) is 4.35. The van der Waals surface area contributed by atoms with Crippen molar-refractivity contribution in [3.63, 3.8) is 0 Å². The summed E-state index contributed by atoms with van der Waals surface area (Å²) in [6.07, 6.45) is 14.5. The summed E-state index contributed by atoms with van der Waals surface area (Å²) < 4.78 is 0. The molecule has 0 atom stereocenters. The fraction of sp³-hybridized carbons (Fsp3) is 0.889. The van der Waals surface area contributed by atoms with E-state index in [4.69, 9.17) is 10.2 Å². The Hall–Kier alpha value is 0.576. The van der Waals surface area contributed by atoms with E-state index in [9.17, 15) is 9.59 Å². The molecule has 0 radical (unpaired) electrons. The summed E-state index contributed by atoms with van der Waals surface area (Å²) in [5, 5.41) is 16.6. The molecule has 0 aromatic rings. The summed E-state index contributed by atoms with van der Waals surface area (Å²) in [5.41, 5.74) is 0. The van der Waals surface area contributed by atoms with Crippen LogP contribution in [0.2, 0.25) is 0 Å². The van der Waals surface area contributed by atoms with E-state index in [1.54, 1.807) is 0 Å². The fourth-order valence-corrected chi connectivity index (χ4v) is 2.11. The van der Waals surface area contributed by atoms with Gasteiger partial charge in [0.05, 0.1) is 0 Å². The average molecular weight is 357 g/mol. The summed E-state index contributed by atoms with van der Waals surface area (Å²) in [5.74, 6) is -1.33. The minimum absolute atomic E-state index is 0. The number of carboxylic acids is 2. The molecule has 0 bridgehead atoms. The Bertz CT molecular complexity index is 263. The van der Waals surface area contributed by atoms with Crippen molar-refractivity contribution >= 4 is 11.9 Å². The van der Waals surface area contributed by atoms with Crippen LogP contribution in [0.25, 0.3) is 0 Å². The molecule has 0 aliphatic rings. The van der Waals surface area contributed by atoms with E-state index < -0.39 is 11.9 Å². The largest absolute Gasteiger partial charge is 1.00 e. The molecule has 0 heterocycles. The molecule has 2 N–H and O–H groups in total. The smallest absolute Gasteiger partial charge is 1.00 e. The third-order valence-electron chi connectivity index (χ3n) is 3.49. The van der Waals surface area contributed by atoms with Crippen LogP contribution in [-0.2, 0) is 9.59 Å². The van der Waals surface area contributed by atoms with Crippen molar-refractivity contribution in [2.75, 3.05) is 0 Å². The van der Waals surface area contributed by atoms with Gasteiger partial charge in [-0.25, -0.2) is 0 Å². The van der Waals surface area contributed by atoms with Crippen LogP contribution in [-0.4, -0.2) is 22.2 Å². The quantitative estimate of drug-likeness (QED) is 0.371. The van der Waals surface area contributed by atoms with Crippen LogP contribution in [0.4, 0.5) is 0 Å². The monoisotopic (exact) mass is 356 g/mol. The van der Waals surface area contributed by atoms with Crippen molar-refractivity contribution < 1.29 is 72.6 Å². The number of unbranched alkanes of at least 4 members (excludes halogenated alkanes) is 10. The van der Waals surface area contributed by atoms with Gasteiger partial charge in [-0.2, -0.15) is 0 Å². The molecular weight excluding hydrogens is 319 g/mol. The zero-order valence-electron chi connectivity index (χ0n) is 16.6. The Kier molecular flexibility index (Phi) is 30.6. The predicted molar refractivity (Wildman–Crippen MR) is 92.4 cm³/mol. The van der Waals surface area contributed by atoms with Crippen LogP contribution in [0.3, 0.4) is 0 Å². The van der Waals surface area contributed by atoms with Crippen molar-refractivity contribution in [2.24, 2.45) is 0 Å². The van der Waals surface area contributed by atoms with Gasteiger partial charge in [0.1, 0.15) is 0 Å². The number of hydrogen-bond donors (Lipinski definition) is 2. The molecule has 0 saturated heterocycles. The predicted octanol–water partition coefficient (Wildman–Crippen LogP) is 2.76. The van der Waals surface area contributed by atoms with Gasteiger partial charge in [-0.3, -0.25) is 9.59 Å². The van der Waals surface area contributed by atoms with Crippen LogP contribution in [0.15, 0.2) is 0 Å². The number of hydrogen-bond acceptors (Lipinski definition) is 2. The summed E-state index contributed by atoms with van der Waals surface area (Å²) in [6, 6.07) is 0. The van der Waals surface area contributed by atoms with E-state index in [2.05, 4.69) is 13.8 Å². The molecule has 0 aliphatic heterocycles. The van der Waals surface area contributed by atoms with Crippen molar-refractivity contribution in [1.82, 2.24) is 0 Å². The van der Waals surface area contributed by atoms with Crippen molar-refractivity contribution in [3.05, 3.63) is 0 Å². The second-order valence-corrected chi connectivity index (χ2v) is 5.82. The summed E-state index contributed by atoms with van der Waals surface area (Å²) in [7, 11) is 0. The Balaban J connectivity index is -0.000000156. The van der Waals surface area contributed by atoms with Gasteiger partial charge in [0.25, 0.3) is 0 Å². The Morgan fingerprint density at radius 2 is 0.870 bits per heavy atom. The van der Waals surface area contributed by atoms with Gasteiger partial charge in [0, 0.05) is 12.8 Å². The van der Waals surface area contributed by atoms with E-state index in [1.165, 1.54) is 51.4 Å². The molecule has 4 nitrogen and oxygen atoms in total. The maximum atomic E-state index is 10.1. The summed E-state index contributed by atoms with van der Waals surface area (Å²) >= 11 is 0. The zero-order chi connectivity index (χ0) is 17.1. The fourth-order valence-electron chi connectivity index (χ4n) is 2.11. The zero-order valence-corrected chi connectivity index (χ0v) is 18.7. The van der Waals surface area contributed by atoms with Crippen LogP contribution < -0.4 is 51.4 Å². The molecule has 0 saturated carbocycles. The van der Waals surface area contributed by atoms with Crippen molar-refractivity contribution in [1.29, 1.82) is 0 Å². The first-order valence-corrected chi connectivity index (χ1v) is 8.98. The van der Waals surface area contributed by atoms with E-state index in [1.807, 2.05) is 0 Å². The van der Waals surface area contributed by atoms with Gasteiger partial charge < -0.3 is 11.6 Å². The van der Waals surface area contributed by atoms with E-state index in [0.717, 1.165) is 25.7 Å². The number of aliphatic carboxylic acids is 2. The van der Waals surface area contributed by atoms with Crippen molar-refractivity contribution in [3.8, 4) is 0 Å². The molecule has 0 aliphatic carbocycles. The molecule has 134 valence electrons. The number of carbonyl (C=O) groups is 2. The minimum atomic E-state index is -0.670. The molecule has 0 fully saturated rings. The van der Waals surface area contributed by atoms with E-state index in [0.29, 0.717) is 12.8 Å². The molecule has 0 aromatic heterocycles. The summed E-state index contributed by atoms with van der Waals surface area (Å²) in [4.78, 5) is 20.2. The Morgan fingerprint density at radius 3 is 1.13 bits per heavy atom. The Morgan fingerprint density at radius 1 is 0.609 bits per heavy atom. The van der Waals surface area contributed by atoms with Crippen LogP contribution in [0.5, 0.6) is 0 Å². The van der Waals surface area contributed by atoms with Crippen LogP contribution in [0, 0.1) is 0 Å². The molecule has 5 heteroatoms. The van der Waals surface area contributed by atoms with Crippen LogP contribution >= 0.6 is 0 Å². The minimum Gasteiger partial charge on any atom is -1.00 e. The van der Waals surface area contributed by atoms with Gasteiger partial charge in [0.15, 0.2) is 0 Å². The van der Waals surface area contributed by atoms with Gasteiger partial charge in [-0.15, -0.1) is 0 Å². The average Bonchev–Trinajstić information content (AvgIpc) is 2.46. The molecule has 0 unspecified atom stereocenters. The topological polar surface area (TPSA) is 74.6 Å².